The summed E-state index contributed by atoms with van der Waals surface area (Å²) in [5.41, 5.74) is 0.930. The summed E-state index contributed by atoms with van der Waals surface area (Å²) in [5, 5.41) is 17.3. The number of nitrogens with zero attached hydrogens (tertiary/aromatic N) is 4. The fourth-order valence-corrected chi connectivity index (χ4v) is 2.41. The van der Waals surface area contributed by atoms with Crippen LogP contribution in [0.5, 0.6) is 5.75 Å². The van der Waals surface area contributed by atoms with Crippen molar-refractivity contribution in [2.24, 2.45) is 5.92 Å². The summed E-state index contributed by atoms with van der Waals surface area (Å²) < 4.78 is 6.70. The molecule has 22 heavy (non-hydrogen) atoms. The highest BCUT2D eigenvalue weighted by Crippen LogP contribution is 2.29. The summed E-state index contributed by atoms with van der Waals surface area (Å²) in [6.07, 6.45) is 1.42. The molecule has 0 bridgehead atoms. The summed E-state index contributed by atoms with van der Waals surface area (Å²) in [4.78, 5) is 12.3. The van der Waals surface area contributed by atoms with E-state index in [9.17, 15) is 4.79 Å². The molecule has 1 aliphatic heterocycles. The van der Waals surface area contributed by atoms with Crippen LogP contribution in [0.3, 0.4) is 0 Å². The number of carbonyl (C=O) groups excluding carboxylic acids is 1. The van der Waals surface area contributed by atoms with Crippen LogP contribution in [0.1, 0.15) is 10.4 Å². The van der Waals surface area contributed by atoms with E-state index in [4.69, 9.17) is 16.3 Å². The molecule has 0 atom stereocenters. The van der Waals surface area contributed by atoms with Crippen LogP contribution in [0.4, 0.5) is 0 Å². The van der Waals surface area contributed by atoms with Crippen molar-refractivity contribution in [3.8, 4) is 11.4 Å². The van der Waals surface area contributed by atoms with Crippen LogP contribution >= 0.6 is 11.6 Å². The second-order valence-corrected chi connectivity index (χ2v) is 5.40. The minimum Gasteiger partial charge on any atom is -0.496 e. The van der Waals surface area contributed by atoms with Gasteiger partial charge in [0.25, 0.3) is 5.91 Å². The predicted octanol–water partition coefficient (Wildman–Crippen LogP) is 0.273. The van der Waals surface area contributed by atoms with Crippen molar-refractivity contribution in [2.75, 3.05) is 26.7 Å². The molecule has 0 radical (unpaired) electrons. The van der Waals surface area contributed by atoms with E-state index in [0.29, 0.717) is 34.5 Å². The second-order valence-electron chi connectivity index (χ2n) is 4.99. The molecule has 1 aromatic heterocycles. The zero-order chi connectivity index (χ0) is 15.5. The van der Waals surface area contributed by atoms with Crippen LogP contribution in [0.2, 0.25) is 5.02 Å². The second kappa shape index (κ2) is 6.29. The standard InChI is InChI=1S/C13H15ClN6O2/c1-22-12-3-11(20-7-17-18-19-20)10(14)2-9(12)13(21)16-6-8-4-15-5-8/h2-3,7-8,15H,4-6H2,1H3,(H,16,21). The molecule has 3 rings (SSSR count). The first-order chi connectivity index (χ1) is 10.7. The number of ether oxygens (including phenoxy) is 1. The molecule has 0 unspecified atom stereocenters. The van der Waals surface area contributed by atoms with Crippen molar-refractivity contribution in [3.05, 3.63) is 29.0 Å². The highest BCUT2D eigenvalue weighted by molar-refractivity contribution is 6.33. The smallest absolute Gasteiger partial charge is 0.255 e. The zero-order valence-corrected chi connectivity index (χ0v) is 12.7. The molecule has 1 aromatic carbocycles. The molecule has 2 aromatic rings. The van der Waals surface area contributed by atoms with Gasteiger partial charge in [-0.05, 0) is 16.5 Å². The Balaban J connectivity index is 1.84. The maximum Gasteiger partial charge on any atom is 0.255 e. The Kier molecular flexibility index (Phi) is 4.21. The molecule has 1 fully saturated rings. The Hall–Kier alpha value is -2.19. The van der Waals surface area contributed by atoms with Gasteiger partial charge >= 0.3 is 0 Å². The van der Waals surface area contributed by atoms with Crippen LogP contribution in [0.25, 0.3) is 5.69 Å². The molecule has 0 spiro atoms. The number of amides is 1. The lowest BCUT2D eigenvalue weighted by Gasteiger charge is -2.27. The van der Waals surface area contributed by atoms with Gasteiger partial charge in [-0.15, -0.1) is 5.10 Å². The van der Waals surface area contributed by atoms with Gasteiger partial charge in [0.15, 0.2) is 0 Å². The van der Waals surface area contributed by atoms with E-state index in [2.05, 4.69) is 26.2 Å². The molecule has 9 heteroatoms. The predicted molar refractivity (Wildman–Crippen MR) is 79.4 cm³/mol. The number of halogens is 1. The monoisotopic (exact) mass is 322 g/mol. The molecule has 2 N–H and O–H groups in total. The summed E-state index contributed by atoms with van der Waals surface area (Å²) in [6, 6.07) is 3.20. The number of benzene rings is 1. The largest absolute Gasteiger partial charge is 0.496 e. The normalized spacial score (nSPS) is 14.5. The summed E-state index contributed by atoms with van der Waals surface area (Å²) in [7, 11) is 1.50. The lowest BCUT2D eigenvalue weighted by atomic mass is 10.0. The molecular formula is C13H15ClN6O2. The van der Waals surface area contributed by atoms with Gasteiger partial charge in [0.1, 0.15) is 12.1 Å². The van der Waals surface area contributed by atoms with Crippen molar-refractivity contribution < 1.29 is 9.53 Å². The SMILES string of the molecule is COc1cc(-n2cnnn2)c(Cl)cc1C(=O)NCC1CNC1. The van der Waals surface area contributed by atoms with Gasteiger partial charge in [-0.2, -0.15) is 4.68 Å². The molecule has 1 amide bonds. The maximum absolute atomic E-state index is 12.3. The molecule has 1 saturated heterocycles. The van der Waals surface area contributed by atoms with Gasteiger partial charge in [-0.1, -0.05) is 11.6 Å². The number of nitrogens with one attached hydrogen (secondary N) is 2. The van der Waals surface area contributed by atoms with Crippen LogP contribution in [-0.4, -0.2) is 52.9 Å². The lowest BCUT2D eigenvalue weighted by molar-refractivity contribution is 0.0939. The average Bonchev–Trinajstić information content (AvgIpc) is 2.99. The molecular weight excluding hydrogens is 308 g/mol. The molecule has 0 saturated carbocycles. The van der Waals surface area contributed by atoms with Crippen LogP contribution in [0, 0.1) is 5.92 Å². The van der Waals surface area contributed by atoms with Gasteiger partial charge in [-0.3, -0.25) is 4.79 Å². The van der Waals surface area contributed by atoms with E-state index in [1.54, 1.807) is 12.1 Å². The quantitative estimate of drug-likeness (QED) is 0.821. The number of aromatic nitrogens is 4. The van der Waals surface area contributed by atoms with Crippen molar-refractivity contribution >= 4 is 17.5 Å². The van der Waals surface area contributed by atoms with Crippen LogP contribution in [0.15, 0.2) is 18.5 Å². The van der Waals surface area contributed by atoms with Crippen molar-refractivity contribution in [2.45, 2.75) is 0 Å². The van der Waals surface area contributed by atoms with Crippen LogP contribution in [-0.2, 0) is 0 Å². The fourth-order valence-electron chi connectivity index (χ4n) is 2.16. The number of carbonyl (C=O) groups is 1. The molecule has 8 nitrogen and oxygen atoms in total. The third-order valence-corrected chi connectivity index (χ3v) is 3.83. The first-order valence-electron chi connectivity index (χ1n) is 6.79. The summed E-state index contributed by atoms with van der Waals surface area (Å²) in [5.74, 6) is 0.680. The topological polar surface area (TPSA) is 94.0 Å². The molecule has 1 aliphatic rings. The summed E-state index contributed by atoms with van der Waals surface area (Å²) in [6.45, 7) is 2.48. The van der Waals surface area contributed by atoms with Gasteiger partial charge < -0.3 is 15.4 Å². The minimum absolute atomic E-state index is 0.214. The van der Waals surface area contributed by atoms with E-state index in [1.165, 1.54) is 18.1 Å². The highest BCUT2D eigenvalue weighted by Gasteiger charge is 2.20. The maximum atomic E-state index is 12.3. The first-order valence-corrected chi connectivity index (χ1v) is 7.16. The molecule has 116 valence electrons. The number of tetrazole rings is 1. The molecule has 2 heterocycles. The highest BCUT2D eigenvalue weighted by atomic mass is 35.5. The van der Waals surface area contributed by atoms with E-state index < -0.39 is 0 Å². The Morgan fingerprint density at radius 1 is 1.55 bits per heavy atom. The van der Waals surface area contributed by atoms with Crippen molar-refractivity contribution in [1.82, 2.24) is 30.8 Å². The third-order valence-electron chi connectivity index (χ3n) is 3.53. The van der Waals surface area contributed by atoms with E-state index in [1.807, 2.05) is 0 Å². The number of methoxy groups -OCH3 is 1. The van der Waals surface area contributed by atoms with Gasteiger partial charge in [0, 0.05) is 31.6 Å². The van der Waals surface area contributed by atoms with Gasteiger partial charge in [0.2, 0.25) is 0 Å². The number of rotatable bonds is 5. The Morgan fingerprint density at radius 3 is 2.95 bits per heavy atom. The zero-order valence-electron chi connectivity index (χ0n) is 11.9. The molecule has 0 aliphatic carbocycles. The van der Waals surface area contributed by atoms with Gasteiger partial charge in [0.05, 0.1) is 23.4 Å². The van der Waals surface area contributed by atoms with Crippen molar-refractivity contribution in [3.63, 3.8) is 0 Å². The van der Waals surface area contributed by atoms with Gasteiger partial charge in [-0.25, -0.2) is 0 Å². The minimum atomic E-state index is -0.214. The average molecular weight is 323 g/mol. The summed E-state index contributed by atoms with van der Waals surface area (Å²) >= 11 is 6.23. The Bertz CT molecular complexity index is 671. The first kappa shape index (κ1) is 14.7. The van der Waals surface area contributed by atoms with E-state index in [-0.39, 0.29) is 5.91 Å². The number of hydrogen-bond acceptors (Lipinski definition) is 6. The Morgan fingerprint density at radius 2 is 2.36 bits per heavy atom. The lowest BCUT2D eigenvalue weighted by Crippen LogP contribution is -2.48. The number of hydrogen-bond donors (Lipinski definition) is 2. The third kappa shape index (κ3) is 2.88. The van der Waals surface area contributed by atoms with Crippen molar-refractivity contribution in [1.29, 1.82) is 0 Å². The Labute approximate surface area is 131 Å². The van der Waals surface area contributed by atoms with Crippen LogP contribution < -0.4 is 15.4 Å². The van der Waals surface area contributed by atoms with E-state index in [0.717, 1.165) is 13.1 Å². The van der Waals surface area contributed by atoms with E-state index >= 15 is 0 Å². The fraction of sp³-hybridized carbons (Fsp3) is 0.385.